The number of nitrogens with zero attached hydrogens (tertiary/aromatic N) is 2. The van der Waals surface area contributed by atoms with Gasteiger partial charge in [0.05, 0.1) is 19.7 Å². The molecule has 10 heteroatoms. The van der Waals surface area contributed by atoms with Crippen LogP contribution in [0.4, 0.5) is 10.2 Å². The number of hydrogen-bond donors (Lipinski definition) is 2. The molecule has 0 radical (unpaired) electrons. The second-order valence-corrected chi connectivity index (χ2v) is 7.64. The number of fused-ring (bicyclic) bond motifs is 3. The van der Waals surface area contributed by atoms with Gasteiger partial charge in [0.15, 0.2) is 11.5 Å². The van der Waals surface area contributed by atoms with Gasteiger partial charge >= 0.3 is 0 Å². The van der Waals surface area contributed by atoms with Crippen molar-refractivity contribution in [2.45, 2.75) is 25.4 Å². The molecule has 1 amide bonds. The van der Waals surface area contributed by atoms with Gasteiger partial charge in [0.1, 0.15) is 17.7 Å². The first-order valence-electron chi connectivity index (χ1n) is 9.92. The summed E-state index contributed by atoms with van der Waals surface area (Å²) in [5, 5.41) is 6.62. The molecule has 1 atom stereocenters. The number of amides is 1. The number of ether oxygens (including phenoxy) is 2. The molecule has 0 fully saturated rings. The first-order chi connectivity index (χ1) is 15.4. The summed E-state index contributed by atoms with van der Waals surface area (Å²) in [4.78, 5) is 29.5. The fraction of sp³-hybridized carbons (Fsp3) is 0.273. The highest BCUT2D eigenvalue weighted by molar-refractivity contribution is 7.71. The van der Waals surface area contributed by atoms with Crippen LogP contribution >= 0.6 is 12.2 Å². The highest BCUT2D eigenvalue weighted by Crippen LogP contribution is 2.36. The van der Waals surface area contributed by atoms with Gasteiger partial charge in [-0.2, -0.15) is 0 Å². The summed E-state index contributed by atoms with van der Waals surface area (Å²) in [6.45, 7) is 0.284. The Hall–Kier alpha value is -3.53. The average Bonchev–Trinajstić information content (AvgIpc) is 3.13. The zero-order chi connectivity index (χ0) is 22.8. The van der Waals surface area contributed by atoms with Crippen molar-refractivity contribution in [2.75, 3.05) is 19.5 Å². The van der Waals surface area contributed by atoms with Crippen LogP contribution in [0.3, 0.4) is 0 Å². The van der Waals surface area contributed by atoms with Crippen LogP contribution in [0.15, 0.2) is 36.4 Å². The van der Waals surface area contributed by atoms with Crippen LogP contribution in [-0.4, -0.2) is 41.6 Å². The first-order valence-corrected chi connectivity index (χ1v) is 10.3. The Morgan fingerprint density at radius 3 is 2.59 bits per heavy atom. The smallest absolute Gasteiger partial charge is 0.257 e. The maximum absolute atomic E-state index is 13.0. The number of carbonyl (C=O) groups is 2. The summed E-state index contributed by atoms with van der Waals surface area (Å²) >= 11 is 5.33. The largest absolute Gasteiger partial charge is 0.493 e. The van der Waals surface area contributed by atoms with Gasteiger partial charge in [-0.05, 0) is 42.4 Å². The Morgan fingerprint density at radius 2 is 1.91 bits per heavy atom. The molecule has 2 aromatic carbocycles. The van der Waals surface area contributed by atoms with E-state index in [1.54, 1.807) is 24.3 Å². The molecule has 1 aliphatic heterocycles. The van der Waals surface area contributed by atoms with Crippen molar-refractivity contribution in [3.05, 3.63) is 52.5 Å². The van der Waals surface area contributed by atoms with Crippen LogP contribution in [0.2, 0.25) is 0 Å². The Bertz CT molecular complexity index is 1260. The van der Waals surface area contributed by atoms with E-state index in [4.69, 9.17) is 21.7 Å². The van der Waals surface area contributed by atoms with Crippen molar-refractivity contribution in [1.82, 2.24) is 14.9 Å². The second kappa shape index (κ2) is 8.91. The van der Waals surface area contributed by atoms with Crippen LogP contribution in [0.1, 0.15) is 23.2 Å². The number of halogens is 1. The molecular weight excluding hydrogens is 435 g/mol. The number of methoxy groups -OCH3 is 2. The lowest BCUT2D eigenvalue weighted by molar-refractivity contribution is -0.121. The first kappa shape index (κ1) is 21.7. The molecule has 2 N–H and O–H groups in total. The van der Waals surface area contributed by atoms with E-state index in [1.807, 2.05) is 0 Å². The summed E-state index contributed by atoms with van der Waals surface area (Å²) < 4.78 is 25.1. The van der Waals surface area contributed by atoms with Crippen molar-refractivity contribution in [2.24, 2.45) is 0 Å². The highest BCUT2D eigenvalue weighted by Gasteiger charge is 2.32. The molecule has 32 heavy (non-hydrogen) atoms. The fourth-order valence-corrected chi connectivity index (χ4v) is 3.89. The summed E-state index contributed by atoms with van der Waals surface area (Å²) in [6.07, 6.45) is 0.410. The monoisotopic (exact) mass is 456 g/mol. The minimum Gasteiger partial charge on any atom is -0.493 e. The van der Waals surface area contributed by atoms with E-state index in [0.717, 1.165) is 5.56 Å². The number of hydrogen-bond acceptors (Lipinski definition) is 7. The zero-order valence-corrected chi connectivity index (χ0v) is 18.3. The Morgan fingerprint density at radius 1 is 1.22 bits per heavy atom. The third kappa shape index (κ3) is 4.13. The van der Waals surface area contributed by atoms with Crippen LogP contribution in [0, 0.1) is 10.6 Å². The Kier molecular flexibility index (Phi) is 6.04. The molecular formula is C22H21FN4O4S. The number of aromatic nitrogens is 2. The lowest BCUT2D eigenvalue weighted by Crippen LogP contribution is -2.29. The van der Waals surface area contributed by atoms with Gasteiger partial charge in [-0.3, -0.25) is 9.59 Å². The SMILES string of the molecule is COc1cc2nc(=S)n3c(c2cc1OC)NC(CCC(=O)NCc1ccc(F)cc1)C3=O. The Balaban J connectivity index is 1.48. The molecule has 1 aromatic heterocycles. The normalized spacial score (nSPS) is 14.7. The molecule has 2 heterocycles. The van der Waals surface area contributed by atoms with Crippen LogP contribution in [0.25, 0.3) is 10.9 Å². The van der Waals surface area contributed by atoms with Gasteiger partial charge in [-0.25, -0.2) is 13.9 Å². The van der Waals surface area contributed by atoms with Crippen molar-refractivity contribution in [3.8, 4) is 11.5 Å². The van der Waals surface area contributed by atoms with Gasteiger partial charge in [-0.1, -0.05) is 12.1 Å². The lowest BCUT2D eigenvalue weighted by atomic mass is 10.1. The number of rotatable bonds is 7. The van der Waals surface area contributed by atoms with E-state index in [0.29, 0.717) is 28.2 Å². The van der Waals surface area contributed by atoms with Crippen LogP contribution in [-0.2, 0) is 11.3 Å². The maximum atomic E-state index is 13.0. The quantitative estimate of drug-likeness (QED) is 0.526. The maximum Gasteiger partial charge on any atom is 0.257 e. The van der Waals surface area contributed by atoms with E-state index < -0.39 is 6.04 Å². The summed E-state index contributed by atoms with van der Waals surface area (Å²) in [6, 6.07) is 8.72. The van der Waals surface area contributed by atoms with Crippen LogP contribution < -0.4 is 20.1 Å². The molecule has 4 rings (SSSR count). The molecule has 166 valence electrons. The fourth-order valence-electron chi connectivity index (χ4n) is 3.61. The van der Waals surface area contributed by atoms with Gasteiger partial charge < -0.3 is 20.1 Å². The number of carbonyl (C=O) groups excluding carboxylic acids is 2. The van der Waals surface area contributed by atoms with E-state index >= 15 is 0 Å². The predicted octanol–water partition coefficient (Wildman–Crippen LogP) is 3.45. The molecule has 0 saturated carbocycles. The molecule has 3 aromatic rings. The molecule has 1 aliphatic rings. The Labute approximate surface area is 188 Å². The predicted molar refractivity (Wildman–Crippen MR) is 119 cm³/mol. The van der Waals surface area contributed by atoms with E-state index in [-0.39, 0.29) is 41.8 Å². The zero-order valence-electron chi connectivity index (χ0n) is 17.5. The standard InChI is InChI=1S/C22H21FN4O4S/c1-30-17-9-14-16(10-18(17)31-2)26-22(32)27-20(14)25-15(21(27)29)7-8-19(28)24-11-12-3-5-13(23)6-4-12/h3-6,9-10,15,25H,7-8,11H2,1-2H3,(H,24,28). The molecule has 0 bridgehead atoms. The average molecular weight is 456 g/mol. The van der Waals surface area contributed by atoms with Crippen molar-refractivity contribution in [3.63, 3.8) is 0 Å². The highest BCUT2D eigenvalue weighted by atomic mass is 32.1. The molecule has 1 unspecified atom stereocenters. The number of nitrogens with one attached hydrogen (secondary N) is 2. The van der Waals surface area contributed by atoms with E-state index in [9.17, 15) is 14.0 Å². The summed E-state index contributed by atoms with van der Waals surface area (Å²) in [7, 11) is 3.05. The topological polar surface area (TPSA) is 94.5 Å². The van der Waals surface area contributed by atoms with Crippen molar-refractivity contribution >= 4 is 40.8 Å². The number of benzene rings is 2. The molecule has 0 spiro atoms. The molecule has 8 nitrogen and oxygen atoms in total. The van der Waals surface area contributed by atoms with E-state index in [1.165, 1.54) is 30.9 Å². The minimum absolute atomic E-state index is 0.125. The molecule has 0 aliphatic carbocycles. The van der Waals surface area contributed by atoms with Gasteiger partial charge in [0.25, 0.3) is 5.91 Å². The van der Waals surface area contributed by atoms with Gasteiger partial charge in [0.2, 0.25) is 10.7 Å². The van der Waals surface area contributed by atoms with Crippen molar-refractivity contribution < 1.29 is 23.5 Å². The third-order valence-corrected chi connectivity index (χ3v) is 5.55. The minimum atomic E-state index is -0.617. The van der Waals surface area contributed by atoms with Crippen LogP contribution in [0.5, 0.6) is 11.5 Å². The number of anilines is 1. The second-order valence-electron chi connectivity index (χ2n) is 7.28. The van der Waals surface area contributed by atoms with Gasteiger partial charge in [0, 0.05) is 24.4 Å². The van der Waals surface area contributed by atoms with Gasteiger partial charge in [-0.15, -0.1) is 0 Å². The molecule has 0 saturated heterocycles. The lowest BCUT2D eigenvalue weighted by Gasteiger charge is -2.12. The van der Waals surface area contributed by atoms with Crippen molar-refractivity contribution in [1.29, 1.82) is 0 Å². The summed E-state index contributed by atoms with van der Waals surface area (Å²) in [5.41, 5.74) is 1.35. The third-order valence-electron chi connectivity index (χ3n) is 5.28. The summed E-state index contributed by atoms with van der Waals surface area (Å²) in [5.74, 6) is 0.716. The van der Waals surface area contributed by atoms with E-state index in [2.05, 4.69) is 15.6 Å².